The fraction of sp³-hybridized carbons (Fsp3) is 0.0909. The van der Waals surface area contributed by atoms with Gasteiger partial charge >= 0.3 is 0 Å². The van der Waals surface area contributed by atoms with Crippen molar-refractivity contribution in [2.45, 2.75) is 6.92 Å². The Morgan fingerprint density at radius 1 is 0.923 bits per heavy atom. The zero-order chi connectivity index (χ0) is 18.2. The van der Waals surface area contributed by atoms with Crippen LogP contribution in [-0.4, -0.2) is 23.6 Å². The second kappa shape index (κ2) is 8.62. The molecule has 0 radical (unpaired) electrons. The lowest BCUT2D eigenvalue weighted by molar-refractivity contribution is 0.318. The van der Waals surface area contributed by atoms with E-state index in [2.05, 4.69) is 10.2 Å². The number of hydrogen-bond donors (Lipinski definition) is 1. The van der Waals surface area contributed by atoms with Crippen LogP contribution in [0.25, 0.3) is 0 Å². The molecule has 4 nitrogen and oxygen atoms in total. The van der Waals surface area contributed by atoms with Crippen LogP contribution in [0.1, 0.15) is 23.6 Å². The SMILES string of the molecule is CCOc1cc(C=NN=C(c2ccccc2)c2ccccc2)ccc1O. The maximum Gasteiger partial charge on any atom is 0.161 e. The average Bonchev–Trinajstić information content (AvgIpc) is 2.69. The highest BCUT2D eigenvalue weighted by Gasteiger charge is 2.06. The zero-order valence-corrected chi connectivity index (χ0v) is 14.5. The molecule has 0 saturated heterocycles. The number of aromatic hydroxyl groups is 1. The molecule has 1 N–H and O–H groups in total. The van der Waals surface area contributed by atoms with Crippen molar-refractivity contribution in [2.24, 2.45) is 10.2 Å². The summed E-state index contributed by atoms with van der Waals surface area (Å²) in [6.45, 7) is 2.36. The summed E-state index contributed by atoms with van der Waals surface area (Å²) in [5, 5.41) is 18.5. The van der Waals surface area contributed by atoms with Crippen molar-refractivity contribution in [1.82, 2.24) is 0 Å². The molecule has 0 heterocycles. The van der Waals surface area contributed by atoms with Gasteiger partial charge in [-0.25, -0.2) is 0 Å². The summed E-state index contributed by atoms with van der Waals surface area (Å²) < 4.78 is 5.40. The van der Waals surface area contributed by atoms with E-state index in [0.29, 0.717) is 12.4 Å². The van der Waals surface area contributed by atoms with E-state index < -0.39 is 0 Å². The average molecular weight is 344 g/mol. The maximum atomic E-state index is 9.78. The molecule has 0 atom stereocenters. The summed E-state index contributed by atoms with van der Waals surface area (Å²) in [7, 11) is 0. The Morgan fingerprint density at radius 2 is 1.54 bits per heavy atom. The van der Waals surface area contributed by atoms with Crippen LogP contribution in [0, 0.1) is 0 Å². The van der Waals surface area contributed by atoms with Gasteiger partial charge in [0.2, 0.25) is 0 Å². The van der Waals surface area contributed by atoms with E-state index in [1.807, 2.05) is 67.6 Å². The second-order valence-electron chi connectivity index (χ2n) is 5.59. The third-order valence-electron chi connectivity index (χ3n) is 3.74. The Hall–Kier alpha value is -3.40. The molecule has 130 valence electrons. The molecule has 0 bridgehead atoms. The molecular formula is C22H20N2O2. The number of nitrogens with zero attached hydrogens (tertiary/aromatic N) is 2. The third-order valence-corrected chi connectivity index (χ3v) is 3.74. The topological polar surface area (TPSA) is 54.2 Å². The fourth-order valence-corrected chi connectivity index (χ4v) is 2.51. The third kappa shape index (κ3) is 4.36. The lowest BCUT2D eigenvalue weighted by atomic mass is 10.0. The van der Waals surface area contributed by atoms with Crippen molar-refractivity contribution in [3.63, 3.8) is 0 Å². The minimum atomic E-state index is 0.113. The Balaban J connectivity index is 1.92. The van der Waals surface area contributed by atoms with Gasteiger partial charge < -0.3 is 9.84 Å². The molecular weight excluding hydrogens is 324 g/mol. The minimum absolute atomic E-state index is 0.113. The summed E-state index contributed by atoms with van der Waals surface area (Å²) in [6, 6.07) is 25.0. The second-order valence-corrected chi connectivity index (χ2v) is 5.59. The predicted octanol–water partition coefficient (Wildman–Crippen LogP) is 4.66. The Bertz CT molecular complexity index is 862. The van der Waals surface area contributed by atoms with Gasteiger partial charge in [-0.15, -0.1) is 5.10 Å². The molecule has 3 aromatic rings. The van der Waals surface area contributed by atoms with Crippen molar-refractivity contribution in [2.75, 3.05) is 6.61 Å². The van der Waals surface area contributed by atoms with Crippen LogP contribution in [0.2, 0.25) is 0 Å². The fourth-order valence-electron chi connectivity index (χ4n) is 2.51. The van der Waals surface area contributed by atoms with Crippen molar-refractivity contribution < 1.29 is 9.84 Å². The molecule has 0 aliphatic heterocycles. The molecule has 0 aliphatic carbocycles. The van der Waals surface area contributed by atoms with Crippen molar-refractivity contribution in [3.8, 4) is 11.5 Å². The summed E-state index contributed by atoms with van der Waals surface area (Å²) in [6.07, 6.45) is 1.65. The lowest BCUT2D eigenvalue weighted by Crippen LogP contribution is -2.02. The Kier molecular flexibility index (Phi) is 5.78. The summed E-state index contributed by atoms with van der Waals surface area (Å²) in [5.41, 5.74) is 3.59. The standard InChI is InChI=1S/C22H20N2O2/c1-2-26-21-15-17(13-14-20(21)25)16-23-24-22(18-9-5-3-6-10-18)19-11-7-4-8-12-19/h3-16,25H,2H2,1H3. The molecule has 0 aliphatic rings. The number of phenols is 1. The van der Waals surface area contributed by atoms with E-state index in [0.717, 1.165) is 22.4 Å². The van der Waals surface area contributed by atoms with Gasteiger partial charge in [0.1, 0.15) is 5.71 Å². The molecule has 0 fully saturated rings. The van der Waals surface area contributed by atoms with Gasteiger partial charge in [-0.05, 0) is 30.7 Å². The summed E-state index contributed by atoms with van der Waals surface area (Å²) >= 11 is 0. The molecule has 0 saturated carbocycles. The van der Waals surface area contributed by atoms with Crippen LogP contribution < -0.4 is 4.74 Å². The van der Waals surface area contributed by atoms with Gasteiger partial charge in [-0.1, -0.05) is 60.7 Å². The van der Waals surface area contributed by atoms with E-state index in [-0.39, 0.29) is 5.75 Å². The van der Waals surface area contributed by atoms with Gasteiger partial charge in [0.25, 0.3) is 0 Å². The quantitative estimate of drug-likeness (QED) is 0.522. The maximum absolute atomic E-state index is 9.78. The number of ether oxygens (including phenoxy) is 1. The van der Waals surface area contributed by atoms with E-state index in [4.69, 9.17) is 4.74 Å². The molecule has 3 aromatic carbocycles. The molecule has 0 aromatic heterocycles. The first kappa shape index (κ1) is 17.4. The lowest BCUT2D eigenvalue weighted by Gasteiger charge is -2.06. The van der Waals surface area contributed by atoms with Crippen LogP contribution in [0.15, 0.2) is 89.1 Å². The predicted molar refractivity (Wildman–Crippen MR) is 105 cm³/mol. The van der Waals surface area contributed by atoms with Crippen molar-refractivity contribution in [1.29, 1.82) is 0 Å². The molecule has 0 unspecified atom stereocenters. The number of benzene rings is 3. The van der Waals surface area contributed by atoms with E-state index >= 15 is 0 Å². The van der Waals surface area contributed by atoms with Crippen LogP contribution in [-0.2, 0) is 0 Å². The van der Waals surface area contributed by atoms with Crippen LogP contribution in [0.3, 0.4) is 0 Å². The van der Waals surface area contributed by atoms with Crippen LogP contribution >= 0.6 is 0 Å². The van der Waals surface area contributed by atoms with Gasteiger partial charge in [0.15, 0.2) is 11.5 Å². The first-order valence-corrected chi connectivity index (χ1v) is 8.45. The molecule has 0 amide bonds. The van der Waals surface area contributed by atoms with Gasteiger partial charge in [-0.2, -0.15) is 5.10 Å². The van der Waals surface area contributed by atoms with Crippen LogP contribution in [0.4, 0.5) is 0 Å². The Labute approximate surface area is 153 Å². The largest absolute Gasteiger partial charge is 0.504 e. The van der Waals surface area contributed by atoms with Gasteiger partial charge in [0, 0.05) is 11.1 Å². The molecule has 0 spiro atoms. The highest BCUT2D eigenvalue weighted by molar-refractivity contribution is 6.12. The molecule has 3 rings (SSSR count). The van der Waals surface area contributed by atoms with Crippen molar-refractivity contribution in [3.05, 3.63) is 95.6 Å². The van der Waals surface area contributed by atoms with Crippen molar-refractivity contribution >= 4 is 11.9 Å². The summed E-state index contributed by atoms with van der Waals surface area (Å²) in [5.74, 6) is 0.550. The molecule has 26 heavy (non-hydrogen) atoms. The molecule has 4 heteroatoms. The number of phenolic OH excluding ortho intramolecular Hbond substituents is 1. The monoisotopic (exact) mass is 344 g/mol. The first-order valence-electron chi connectivity index (χ1n) is 8.45. The smallest absolute Gasteiger partial charge is 0.161 e. The van der Waals surface area contributed by atoms with Crippen LogP contribution in [0.5, 0.6) is 11.5 Å². The van der Waals surface area contributed by atoms with E-state index in [9.17, 15) is 5.11 Å². The van der Waals surface area contributed by atoms with Gasteiger partial charge in [0.05, 0.1) is 12.8 Å². The Morgan fingerprint density at radius 3 is 2.12 bits per heavy atom. The minimum Gasteiger partial charge on any atom is -0.504 e. The number of hydrogen-bond acceptors (Lipinski definition) is 4. The highest BCUT2D eigenvalue weighted by Crippen LogP contribution is 2.26. The van der Waals surface area contributed by atoms with Gasteiger partial charge in [-0.3, -0.25) is 0 Å². The number of rotatable bonds is 6. The summed E-state index contributed by atoms with van der Waals surface area (Å²) in [4.78, 5) is 0. The normalized spacial score (nSPS) is 10.7. The zero-order valence-electron chi connectivity index (χ0n) is 14.5. The van der Waals surface area contributed by atoms with E-state index in [1.54, 1.807) is 24.4 Å². The first-order chi connectivity index (χ1) is 12.8. The highest BCUT2D eigenvalue weighted by atomic mass is 16.5. The van der Waals surface area contributed by atoms with E-state index in [1.165, 1.54) is 0 Å².